The highest BCUT2D eigenvalue weighted by atomic mass is 32.2. The van der Waals surface area contributed by atoms with Crippen molar-refractivity contribution in [2.75, 3.05) is 25.9 Å². The van der Waals surface area contributed by atoms with E-state index in [9.17, 15) is 0 Å². The summed E-state index contributed by atoms with van der Waals surface area (Å²) >= 11 is 1.89. The van der Waals surface area contributed by atoms with Crippen molar-refractivity contribution in [1.29, 1.82) is 0 Å². The zero-order valence-corrected chi connectivity index (χ0v) is 12.9. The van der Waals surface area contributed by atoms with Crippen molar-refractivity contribution < 1.29 is 0 Å². The highest BCUT2D eigenvalue weighted by molar-refractivity contribution is 7.99. The molecule has 0 saturated carbocycles. The topological polar surface area (TPSA) is 24.1 Å². The van der Waals surface area contributed by atoms with E-state index in [-0.39, 0.29) is 5.54 Å². The van der Waals surface area contributed by atoms with Crippen LogP contribution >= 0.6 is 11.8 Å². The van der Waals surface area contributed by atoms with Crippen molar-refractivity contribution in [1.82, 2.24) is 10.6 Å². The van der Waals surface area contributed by atoms with Gasteiger partial charge in [0.15, 0.2) is 0 Å². The molecule has 3 heteroatoms. The Morgan fingerprint density at radius 3 is 2.39 bits per heavy atom. The molecule has 0 heterocycles. The lowest BCUT2D eigenvalue weighted by Crippen LogP contribution is -2.47. The third-order valence-electron chi connectivity index (χ3n) is 2.87. The third kappa shape index (κ3) is 5.89. The van der Waals surface area contributed by atoms with Crippen molar-refractivity contribution in [2.45, 2.75) is 37.6 Å². The van der Waals surface area contributed by atoms with Crippen LogP contribution in [0.25, 0.3) is 0 Å². The van der Waals surface area contributed by atoms with Gasteiger partial charge in [-0.25, -0.2) is 0 Å². The standard InChI is InChI=1S/C15H26N2S/c1-5-18-14-8-6-13(7-9-14)10-11-17-15(2,3)12-16-4/h6-9,16-17H,5,10-12H2,1-4H3. The molecule has 0 aliphatic heterocycles. The summed E-state index contributed by atoms with van der Waals surface area (Å²) in [6, 6.07) is 8.93. The molecule has 0 fully saturated rings. The average molecular weight is 266 g/mol. The molecule has 18 heavy (non-hydrogen) atoms. The number of likely N-dealkylation sites (N-methyl/N-ethyl adjacent to an activating group) is 1. The quantitative estimate of drug-likeness (QED) is 0.708. The predicted octanol–water partition coefficient (Wildman–Crippen LogP) is 2.93. The highest BCUT2D eigenvalue weighted by Crippen LogP contribution is 2.17. The zero-order valence-electron chi connectivity index (χ0n) is 12.0. The highest BCUT2D eigenvalue weighted by Gasteiger charge is 2.14. The van der Waals surface area contributed by atoms with Gasteiger partial charge < -0.3 is 10.6 Å². The molecular weight excluding hydrogens is 240 g/mol. The summed E-state index contributed by atoms with van der Waals surface area (Å²) in [6.07, 6.45) is 1.09. The van der Waals surface area contributed by atoms with Gasteiger partial charge in [0.05, 0.1) is 0 Å². The molecule has 0 aliphatic carbocycles. The number of nitrogens with one attached hydrogen (secondary N) is 2. The molecule has 0 aliphatic rings. The number of benzene rings is 1. The minimum atomic E-state index is 0.159. The lowest BCUT2D eigenvalue weighted by Gasteiger charge is -2.26. The van der Waals surface area contributed by atoms with E-state index in [1.54, 1.807) is 0 Å². The van der Waals surface area contributed by atoms with Crippen LogP contribution in [0.2, 0.25) is 0 Å². The molecule has 0 amide bonds. The summed E-state index contributed by atoms with van der Waals surface area (Å²) < 4.78 is 0. The molecule has 0 atom stereocenters. The molecule has 0 spiro atoms. The number of rotatable bonds is 8. The molecule has 0 aromatic heterocycles. The van der Waals surface area contributed by atoms with Crippen LogP contribution in [-0.2, 0) is 6.42 Å². The van der Waals surface area contributed by atoms with Gasteiger partial charge in [0.2, 0.25) is 0 Å². The first-order chi connectivity index (χ1) is 8.57. The maximum absolute atomic E-state index is 3.58. The smallest absolute Gasteiger partial charge is 0.0249 e. The van der Waals surface area contributed by atoms with Gasteiger partial charge >= 0.3 is 0 Å². The Hall–Kier alpha value is -0.510. The Kier molecular flexibility index (Phi) is 6.76. The fourth-order valence-electron chi connectivity index (χ4n) is 1.97. The predicted molar refractivity (Wildman–Crippen MR) is 82.6 cm³/mol. The first-order valence-corrected chi connectivity index (χ1v) is 7.67. The third-order valence-corrected chi connectivity index (χ3v) is 3.76. The van der Waals surface area contributed by atoms with Crippen molar-refractivity contribution in [2.24, 2.45) is 0 Å². The molecule has 2 N–H and O–H groups in total. The maximum Gasteiger partial charge on any atom is 0.0249 e. The van der Waals surface area contributed by atoms with Gasteiger partial charge in [-0.15, -0.1) is 11.8 Å². The molecule has 0 saturated heterocycles. The van der Waals surface area contributed by atoms with Crippen LogP contribution in [0.1, 0.15) is 26.3 Å². The molecule has 0 bridgehead atoms. The first-order valence-electron chi connectivity index (χ1n) is 6.69. The van der Waals surface area contributed by atoms with Gasteiger partial charge in [-0.05, 0) is 57.3 Å². The van der Waals surface area contributed by atoms with Crippen molar-refractivity contribution >= 4 is 11.8 Å². The summed E-state index contributed by atoms with van der Waals surface area (Å²) in [6.45, 7) is 8.65. The molecule has 0 radical (unpaired) electrons. The average Bonchev–Trinajstić information content (AvgIpc) is 2.31. The van der Waals surface area contributed by atoms with Crippen LogP contribution in [0, 0.1) is 0 Å². The fraction of sp³-hybridized carbons (Fsp3) is 0.600. The van der Waals surface area contributed by atoms with E-state index in [4.69, 9.17) is 0 Å². The second-order valence-electron chi connectivity index (χ2n) is 5.17. The first kappa shape index (κ1) is 15.5. The van der Waals surface area contributed by atoms with Gasteiger partial charge in [-0.2, -0.15) is 0 Å². The van der Waals surface area contributed by atoms with Gasteiger partial charge in [0.1, 0.15) is 0 Å². The lowest BCUT2D eigenvalue weighted by molar-refractivity contribution is 0.379. The molecule has 1 aromatic carbocycles. The number of thioether (sulfide) groups is 1. The molecule has 102 valence electrons. The zero-order chi connectivity index (χ0) is 13.4. The number of hydrogen-bond acceptors (Lipinski definition) is 3. The van der Waals surface area contributed by atoms with Crippen LogP contribution < -0.4 is 10.6 Å². The largest absolute Gasteiger partial charge is 0.318 e. The van der Waals surface area contributed by atoms with Crippen LogP contribution in [0.15, 0.2) is 29.2 Å². The molecule has 1 rings (SSSR count). The molecular formula is C15H26N2S. The second-order valence-corrected chi connectivity index (χ2v) is 6.51. The summed E-state index contributed by atoms with van der Waals surface area (Å²) in [5.41, 5.74) is 1.57. The van der Waals surface area contributed by atoms with Gasteiger partial charge in [0.25, 0.3) is 0 Å². The maximum atomic E-state index is 3.58. The monoisotopic (exact) mass is 266 g/mol. The molecule has 2 nitrogen and oxygen atoms in total. The summed E-state index contributed by atoms with van der Waals surface area (Å²) in [5.74, 6) is 1.14. The normalized spacial score (nSPS) is 11.8. The second kappa shape index (κ2) is 7.82. The summed E-state index contributed by atoms with van der Waals surface area (Å²) in [4.78, 5) is 1.37. The van der Waals surface area contributed by atoms with Crippen molar-refractivity contribution in [3.63, 3.8) is 0 Å². The number of hydrogen-bond donors (Lipinski definition) is 2. The van der Waals surface area contributed by atoms with Crippen LogP contribution in [0.5, 0.6) is 0 Å². The van der Waals surface area contributed by atoms with Crippen LogP contribution in [-0.4, -0.2) is 31.4 Å². The minimum absolute atomic E-state index is 0.159. The van der Waals surface area contributed by atoms with E-state index >= 15 is 0 Å². The van der Waals surface area contributed by atoms with Crippen molar-refractivity contribution in [3.8, 4) is 0 Å². The fourth-order valence-corrected chi connectivity index (χ4v) is 2.63. The SMILES string of the molecule is CCSc1ccc(CCNC(C)(C)CNC)cc1. The molecule has 0 unspecified atom stereocenters. The summed E-state index contributed by atoms with van der Waals surface area (Å²) in [5, 5.41) is 6.79. The van der Waals surface area contributed by atoms with E-state index in [1.807, 2.05) is 18.8 Å². The van der Waals surface area contributed by atoms with E-state index < -0.39 is 0 Å². The van der Waals surface area contributed by atoms with Gasteiger partial charge in [-0.1, -0.05) is 19.1 Å². The van der Waals surface area contributed by atoms with E-state index in [1.165, 1.54) is 10.5 Å². The van der Waals surface area contributed by atoms with Gasteiger partial charge in [0, 0.05) is 17.0 Å². The Morgan fingerprint density at radius 1 is 1.17 bits per heavy atom. The lowest BCUT2D eigenvalue weighted by atomic mass is 10.1. The van der Waals surface area contributed by atoms with Crippen LogP contribution in [0.4, 0.5) is 0 Å². The van der Waals surface area contributed by atoms with E-state index in [2.05, 4.69) is 55.7 Å². The van der Waals surface area contributed by atoms with E-state index in [0.29, 0.717) is 0 Å². The minimum Gasteiger partial charge on any atom is -0.318 e. The summed E-state index contributed by atoms with van der Waals surface area (Å²) in [7, 11) is 1.99. The Morgan fingerprint density at radius 2 is 1.83 bits per heavy atom. The Balaban J connectivity index is 2.35. The van der Waals surface area contributed by atoms with Crippen LogP contribution in [0.3, 0.4) is 0 Å². The Bertz CT molecular complexity index is 333. The van der Waals surface area contributed by atoms with Gasteiger partial charge in [-0.3, -0.25) is 0 Å². The van der Waals surface area contributed by atoms with E-state index in [0.717, 1.165) is 25.3 Å². The molecule has 1 aromatic rings. The van der Waals surface area contributed by atoms with Crippen molar-refractivity contribution in [3.05, 3.63) is 29.8 Å². The Labute approximate surface area is 116 Å².